The van der Waals surface area contributed by atoms with Crippen molar-refractivity contribution in [2.24, 2.45) is 5.73 Å². The Hall–Kier alpha value is -1.50. The summed E-state index contributed by atoms with van der Waals surface area (Å²) in [6, 6.07) is 11.9. The fourth-order valence-electron chi connectivity index (χ4n) is 3.03. The van der Waals surface area contributed by atoms with E-state index in [1.54, 1.807) is 30.2 Å². The van der Waals surface area contributed by atoms with Gasteiger partial charge in [-0.1, -0.05) is 19.1 Å². The summed E-state index contributed by atoms with van der Waals surface area (Å²) in [7, 11) is 1.66. The molecule has 24 heavy (non-hydrogen) atoms. The van der Waals surface area contributed by atoms with E-state index in [0.29, 0.717) is 13.1 Å². The van der Waals surface area contributed by atoms with Crippen LogP contribution in [-0.2, 0) is 0 Å². The number of thiophene rings is 1. The highest BCUT2D eigenvalue weighted by atomic mass is 32.2. The standard InChI is InChI=1S/C18H22N2O2S2/c1-3-23-17-8-7-16(24-17)18(21)20-10-14(15(19)11-20)12-5-4-6-13(9-12)22-2/h4-9,14-15H,3,10-11,19H2,1-2H3. The Balaban J connectivity index is 1.73. The lowest BCUT2D eigenvalue weighted by Crippen LogP contribution is -2.31. The lowest BCUT2D eigenvalue weighted by atomic mass is 9.95. The Morgan fingerprint density at radius 1 is 1.38 bits per heavy atom. The van der Waals surface area contributed by atoms with Crippen LogP contribution in [0.4, 0.5) is 0 Å². The molecule has 0 spiro atoms. The van der Waals surface area contributed by atoms with Crippen LogP contribution < -0.4 is 10.5 Å². The summed E-state index contributed by atoms with van der Waals surface area (Å²) >= 11 is 3.33. The van der Waals surface area contributed by atoms with Gasteiger partial charge in [-0.05, 0) is 35.6 Å². The van der Waals surface area contributed by atoms with Crippen molar-refractivity contribution in [2.75, 3.05) is 26.0 Å². The number of nitrogens with zero attached hydrogens (tertiary/aromatic N) is 1. The fourth-order valence-corrected chi connectivity index (χ4v) is 5.04. The average Bonchev–Trinajstić information content (AvgIpc) is 3.21. The second-order valence-corrected chi connectivity index (χ2v) is 8.46. The first kappa shape index (κ1) is 17.3. The van der Waals surface area contributed by atoms with Crippen molar-refractivity contribution in [1.82, 2.24) is 4.90 Å². The van der Waals surface area contributed by atoms with Crippen molar-refractivity contribution in [3.05, 3.63) is 46.8 Å². The molecule has 128 valence electrons. The third kappa shape index (κ3) is 3.61. The molecule has 0 bridgehead atoms. The molecular formula is C18H22N2O2S2. The van der Waals surface area contributed by atoms with Gasteiger partial charge in [0.25, 0.3) is 5.91 Å². The highest BCUT2D eigenvalue weighted by molar-refractivity contribution is 8.01. The Kier molecular flexibility index (Phi) is 5.48. The number of carbonyl (C=O) groups is 1. The van der Waals surface area contributed by atoms with Crippen molar-refractivity contribution in [3.8, 4) is 5.75 Å². The van der Waals surface area contributed by atoms with E-state index in [0.717, 1.165) is 21.9 Å². The van der Waals surface area contributed by atoms with Crippen LogP contribution in [-0.4, -0.2) is 42.8 Å². The number of rotatable bonds is 5. The molecule has 0 aliphatic carbocycles. The molecule has 1 fully saturated rings. The van der Waals surface area contributed by atoms with E-state index in [1.165, 1.54) is 4.21 Å². The molecule has 1 aromatic heterocycles. The summed E-state index contributed by atoms with van der Waals surface area (Å²) in [4.78, 5) is 15.4. The number of hydrogen-bond donors (Lipinski definition) is 1. The molecule has 3 rings (SSSR count). The molecule has 2 aromatic rings. The zero-order valence-corrected chi connectivity index (χ0v) is 15.5. The molecule has 2 N–H and O–H groups in total. The highest BCUT2D eigenvalue weighted by Crippen LogP contribution is 2.32. The smallest absolute Gasteiger partial charge is 0.264 e. The van der Waals surface area contributed by atoms with Gasteiger partial charge in [0.05, 0.1) is 16.2 Å². The molecule has 0 radical (unpaired) electrons. The lowest BCUT2D eigenvalue weighted by Gasteiger charge is -2.16. The van der Waals surface area contributed by atoms with Crippen LogP contribution in [0.3, 0.4) is 0 Å². The van der Waals surface area contributed by atoms with Crippen molar-refractivity contribution in [3.63, 3.8) is 0 Å². The number of ether oxygens (including phenoxy) is 1. The monoisotopic (exact) mass is 362 g/mol. The number of thioether (sulfide) groups is 1. The van der Waals surface area contributed by atoms with E-state index in [1.807, 2.05) is 35.2 Å². The highest BCUT2D eigenvalue weighted by Gasteiger charge is 2.34. The summed E-state index contributed by atoms with van der Waals surface area (Å²) in [6.07, 6.45) is 0. The lowest BCUT2D eigenvalue weighted by molar-refractivity contribution is 0.0794. The Labute approximate surface area is 151 Å². The molecule has 1 aliphatic rings. The molecular weight excluding hydrogens is 340 g/mol. The number of nitrogens with two attached hydrogens (primary N) is 1. The van der Waals surface area contributed by atoms with Gasteiger partial charge < -0.3 is 15.4 Å². The Bertz CT molecular complexity index is 717. The minimum absolute atomic E-state index is 0.0505. The first-order valence-corrected chi connectivity index (χ1v) is 9.84. The first-order chi connectivity index (χ1) is 11.6. The second-order valence-electron chi connectivity index (χ2n) is 5.81. The zero-order valence-electron chi connectivity index (χ0n) is 13.9. The Morgan fingerprint density at radius 2 is 2.21 bits per heavy atom. The van der Waals surface area contributed by atoms with Gasteiger partial charge >= 0.3 is 0 Å². The van der Waals surface area contributed by atoms with Gasteiger partial charge in [0.2, 0.25) is 0 Å². The van der Waals surface area contributed by atoms with E-state index in [9.17, 15) is 4.79 Å². The third-order valence-corrected chi connectivity index (χ3v) is 6.43. The first-order valence-electron chi connectivity index (χ1n) is 8.03. The van der Waals surface area contributed by atoms with Crippen LogP contribution in [0.1, 0.15) is 28.1 Å². The van der Waals surface area contributed by atoms with Crippen molar-refractivity contribution in [1.29, 1.82) is 0 Å². The Morgan fingerprint density at radius 3 is 2.96 bits per heavy atom. The summed E-state index contributed by atoms with van der Waals surface area (Å²) in [5.74, 6) is 2.07. The molecule has 2 unspecified atom stereocenters. The van der Waals surface area contributed by atoms with E-state index in [4.69, 9.17) is 10.5 Å². The summed E-state index contributed by atoms with van der Waals surface area (Å²) in [5, 5.41) is 0. The van der Waals surface area contributed by atoms with Gasteiger partial charge in [-0.15, -0.1) is 23.1 Å². The van der Waals surface area contributed by atoms with Crippen LogP contribution in [0.5, 0.6) is 5.75 Å². The molecule has 1 aliphatic heterocycles. The molecule has 2 atom stereocenters. The number of carbonyl (C=O) groups excluding carboxylic acids is 1. The number of benzene rings is 1. The van der Waals surface area contributed by atoms with E-state index in [-0.39, 0.29) is 17.9 Å². The normalized spacial score (nSPS) is 20.4. The summed E-state index contributed by atoms with van der Waals surface area (Å²) < 4.78 is 6.49. The average molecular weight is 363 g/mol. The third-order valence-electron chi connectivity index (χ3n) is 4.25. The van der Waals surface area contributed by atoms with Gasteiger partial charge in [0.15, 0.2) is 0 Å². The van der Waals surface area contributed by atoms with Gasteiger partial charge in [-0.3, -0.25) is 4.79 Å². The minimum atomic E-state index is -0.0505. The van der Waals surface area contributed by atoms with Gasteiger partial charge in [-0.2, -0.15) is 0 Å². The number of likely N-dealkylation sites (tertiary alicyclic amines) is 1. The topological polar surface area (TPSA) is 55.6 Å². The maximum atomic E-state index is 12.8. The van der Waals surface area contributed by atoms with E-state index < -0.39 is 0 Å². The van der Waals surface area contributed by atoms with Crippen molar-refractivity contribution >= 4 is 29.0 Å². The maximum absolute atomic E-state index is 12.8. The molecule has 6 heteroatoms. The number of hydrogen-bond acceptors (Lipinski definition) is 5. The largest absolute Gasteiger partial charge is 0.497 e. The number of amides is 1. The van der Waals surface area contributed by atoms with Crippen molar-refractivity contribution in [2.45, 2.75) is 23.1 Å². The van der Waals surface area contributed by atoms with Crippen LogP contribution in [0.15, 0.2) is 40.6 Å². The van der Waals surface area contributed by atoms with E-state index >= 15 is 0 Å². The molecule has 2 heterocycles. The molecule has 1 amide bonds. The molecule has 0 saturated carbocycles. The zero-order chi connectivity index (χ0) is 17.1. The van der Waals surface area contributed by atoms with Crippen LogP contribution in [0.2, 0.25) is 0 Å². The summed E-state index contributed by atoms with van der Waals surface area (Å²) in [5.41, 5.74) is 7.46. The molecule has 1 saturated heterocycles. The number of methoxy groups -OCH3 is 1. The van der Waals surface area contributed by atoms with Crippen LogP contribution in [0, 0.1) is 0 Å². The molecule has 1 aromatic carbocycles. The maximum Gasteiger partial charge on any atom is 0.264 e. The predicted molar refractivity (Wildman–Crippen MR) is 100 cm³/mol. The quantitative estimate of drug-likeness (QED) is 0.828. The van der Waals surface area contributed by atoms with Crippen molar-refractivity contribution < 1.29 is 9.53 Å². The van der Waals surface area contributed by atoms with Gasteiger partial charge in [0, 0.05) is 25.0 Å². The molecule has 4 nitrogen and oxygen atoms in total. The minimum Gasteiger partial charge on any atom is -0.497 e. The SMILES string of the molecule is CCSc1ccc(C(=O)N2CC(N)C(c3cccc(OC)c3)C2)s1. The van der Waals surface area contributed by atoms with Crippen LogP contribution >= 0.6 is 23.1 Å². The van der Waals surface area contributed by atoms with Gasteiger partial charge in [-0.25, -0.2) is 0 Å². The van der Waals surface area contributed by atoms with Crippen LogP contribution in [0.25, 0.3) is 0 Å². The van der Waals surface area contributed by atoms with Gasteiger partial charge in [0.1, 0.15) is 5.75 Å². The van der Waals surface area contributed by atoms with E-state index in [2.05, 4.69) is 13.0 Å². The summed E-state index contributed by atoms with van der Waals surface area (Å²) in [6.45, 7) is 3.36. The predicted octanol–water partition coefficient (Wildman–Crippen LogP) is 3.44. The fraction of sp³-hybridized carbons (Fsp3) is 0.389. The second kappa shape index (κ2) is 7.59.